The van der Waals surface area contributed by atoms with E-state index in [1.54, 1.807) is 17.1 Å². The van der Waals surface area contributed by atoms with Crippen molar-refractivity contribution in [3.63, 3.8) is 0 Å². The first-order valence-electron chi connectivity index (χ1n) is 8.11. The highest BCUT2D eigenvalue weighted by Crippen LogP contribution is 2.30. The fraction of sp³-hybridized carbons (Fsp3) is 0.353. The first-order chi connectivity index (χ1) is 11.7. The van der Waals surface area contributed by atoms with Crippen LogP contribution in [0.4, 0.5) is 5.69 Å². The maximum atomic E-state index is 12.1. The van der Waals surface area contributed by atoms with Crippen LogP contribution in [0.5, 0.6) is 0 Å². The van der Waals surface area contributed by atoms with Gasteiger partial charge < -0.3 is 5.32 Å². The van der Waals surface area contributed by atoms with Crippen molar-refractivity contribution in [1.29, 1.82) is 0 Å². The molecule has 1 aliphatic carbocycles. The Morgan fingerprint density at radius 1 is 1.29 bits per heavy atom. The van der Waals surface area contributed by atoms with Crippen molar-refractivity contribution < 1.29 is 4.79 Å². The number of aromatic nitrogens is 4. The standard InChI is InChI=1S/C17H18ClN5O/c18-15-2-1-3-16-14(15)9-20-23(16)7-6-17(24)21-13-8-19-22(11-13)10-12-4-5-12/h1-3,8-9,11-12H,4-7,10H2,(H,21,24). The first kappa shape index (κ1) is 15.2. The monoisotopic (exact) mass is 343 g/mol. The largest absolute Gasteiger partial charge is 0.323 e. The molecule has 0 unspecified atom stereocenters. The molecular weight excluding hydrogens is 326 g/mol. The Bertz CT molecular complexity index is 880. The molecule has 1 saturated carbocycles. The molecule has 0 saturated heterocycles. The summed E-state index contributed by atoms with van der Waals surface area (Å²) in [5.41, 5.74) is 1.68. The van der Waals surface area contributed by atoms with Gasteiger partial charge in [0.2, 0.25) is 5.91 Å². The molecule has 4 rings (SSSR count). The number of anilines is 1. The van der Waals surface area contributed by atoms with Gasteiger partial charge in [0.15, 0.2) is 0 Å². The van der Waals surface area contributed by atoms with Crippen molar-refractivity contribution in [3.8, 4) is 0 Å². The lowest BCUT2D eigenvalue weighted by atomic mass is 10.2. The molecule has 124 valence electrons. The molecule has 7 heteroatoms. The van der Waals surface area contributed by atoms with Gasteiger partial charge in [-0.2, -0.15) is 10.2 Å². The average Bonchev–Trinajstić information content (AvgIpc) is 3.10. The van der Waals surface area contributed by atoms with Gasteiger partial charge in [-0.25, -0.2) is 0 Å². The summed E-state index contributed by atoms with van der Waals surface area (Å²) < 4.78 is 3.70. The second-order valence-electron chi connectivity index (χ2n) is 6.23. The summed E-state index contributed by atoms with van der Waals surface area (Å²) >= 11 is 6.14. The topological polar surface area (TPSA) is 64.7 Å². The molecule has 3 aromatic rings. The van der Waals surface area contributed by atoms with Crippen LogP contribution in [0.25, 0.3) is 10.9 Å². The zero-order valence-electron chi connectivity index (χ0n) is 13.2. The summed E-state index contributed by atoms with van der Waals surface area (Å²) in [5, 5.41) is 13.1. The number of hydrogen-bond acceptors (Lipinski definition) is 3. The van der Waals surface area contributed by atoms with Crippen LogP contribution in [0.3, 0.4) is 0 Å². The van der Waals surface area contributed by atoms with Gasteiger partial charge in [0, 0.05) is 24.5 Å². The number of halogens is 1. The molecule has 1 aliphatic rings. The maximum Gasteiger partial charge on any atom is 0.226 e. The highest BCUT2D eigenvalue weighted by atomic mass is 35.5. The van der Waals surface area contributed by atoms with Gasteiger partial charge in [-0.05, 0) is 30.9 Å². The summed E-state index contributed by atoms with van der Waals surface area (Å²) in [4.78, 5) is 12.1. The van der Waals surface area contributed by atoms with Crippen LogP contribution in [0, 0.1) is 5.92 Å². The first-order valence-corrected chi connectivity index (χ1v) is 8.49. The molecule has 1 amide bonds. The third-order valence-corrected chi connectivity index (χ3v) is 4.57. The van der Waals surface area contributed by atoms with Gasteiger partial charge in [0.25, 0.3) is 0 Å². The van der Waals surface area contributed by atoms with E-state index in [1.807, 2.05) is 29.1 Å². The van der Waals surface area contributed by atoms with E-state index >= 15 is 0 Å². The van der Waals surface area contributed by atoms with E-state index in [0.29, 0.717) is 18.0 Å². The Morgan fingerprint density at radius 2 is 2.17 bits per heavy atom. The summed E-state index contributed by atoms with van der Waals surface area (Å²) in [5.74, 6) is 0.708. The molecular formula is C17H18ClN5O. The van der Waals surface area contributed by atoms with Crippen molar-refractivity contribution in [2.45, 2.75) is 32.4 Å². The van der Waals surface area contributed by atoms with Gasteiger partial charge in [-0.3, -0.25) is 14.2 Å². The fourth-order valence-corrected chi connectivity index (χ4v) is 2.99. The van der Waals surface area contributed by atoms with Gasteiger partial charge in [0.05, 0.1) is 35.2 Å². The van der Waals surface area contributed by atoms with E-state index in [1.165, 1.54) is 12.8 Å². The Morgan fingerprint density at radius 3 is 3.00 bits per heavy atom. The SMILES string of the molecule is O=C(CCn1ncc2c(Cl)cccc21)Nc1cnn(CC2CC2)c1. The molecule has 2 aromatic heterocycles. The van der Waals surface area contributed by atoms with Crippen LogP contribution < -0.4 is 5.32 Å². The smallest absolute Gasteiger partial charge is 0.226 e. The zero-order valence-corrected chi connectivity index (χ0v) is 13.9. The molecule has 0 bridgehead atoms. The van der Waals surface area contributed by atoms with E-state index in [9.17, 15) is 4.79 Å². The van der Waals surface area contributed by atoms with Crippen molar-refractivity contribution in [2.24, 2.45) is 5.92 Å². The van der Waals surface area contributed by atoms with Crippen LogP contribution in [0.1, 0.15) is 19.3 Å². The number of nitrogens with zero attached hydrogens (tertiary/aromatic N) is 4. The van der Waals surface area contributed by atoms with Crippen LogP contribution in [0.2, 0.25) is 5.02 Å². The Labute approximate surface area is 144 Å². The number of amides is 1. The van der Waals surface area contributed by atoms with E-state index in [-0.39, 0.29) is 5.91 Å². The lowest BCUT2D eigenvalue weighted by Crippen LogP contribution is -2.14. The van der Waals surface area contributed by atoms with E-state index in [4.69, 9.17) is 11.6 Å². The zero-order chi connectivity index (χ0) is 16.5. The predicted molar refractivity (Wildman–Crippen MR) is 92.9 cm³/mol. The second kappa shape index (κ2) is 6.28. The summed E-state index contributed by atoms with van der Waals surface area (Å²) in [7, 11) is 0. The van der Waals surface area contributed by atoms with Gasteiger partial charge in [-0.15, -0.1) is 0 Å². The number of nitrogens with one attached hydrogen (secondary N) is 1. The Balaban J connectivity index is 1.35. The highest BCUT2D eigenvalue weighted by molar-refractivity contribution is 6.35. The number of carbonyl (C=O) groups excluding carboxylic acids is 1. The molecule has 0 atom stereocenters. The minimum atomic E-state index is -0.0494. The van der Waals surface area contributed by atoms with Crippen LogP contribution in [-0.4, -0.2) is 25.5 Å². The third kappa shape index (κ3) is 3.28. The van der Waals surface area contributed by atoms with E-state index in [2.05, 4.69) is 15.5 Å². The molecule has 24 heavy (non-hydrogen) atoms. The molecule has 6 nitrogen and oxygen atoms in total. The molecule has 0 aliphatic heterocycles. The molecule has 0 radical (unpaired) electrons. The van der Waals surface area contributed by atoms with Gasteiger partial charge in [0.1, 0.15) is 0 Å². The summed E-state index contributed by atoms with van der Waals surface area (Å²) in [6.07, 6.45) is 8.23. The minimum Gasteiger partial charge on any atom is -0.323 e. The number of aryl methyl sites for hydroxylation is 1. The van der Waals surface area contributed by atoms with Crippen molar-refractivity contribution >= 4 is 34.1 Å². The van der Waals surface area contributed by atoms with Gasteiger partial charge >= 0.3 is 0 Å². The minimum absolute atomic E-state index is 0.0494. The lowest BCUT2D eigenvalue weighted by molar-refractivity contribution is -0.116. The molecule has 1 aromatic carbocycles. The second-order valence-corrected chi connectivity index (χ2v) is 6.64. The third-order valence-electron chi connectivity index (χ3n) is 4.24. The Kier molecular flexibility index (Phi) is 3.98. The molecule has 2 heterocycles. The number of benzene rings is 1. The lowest BCUT2D eigenvalue weighted by Gasteiger charge is -2.05. The molecule has 1 N–H and O–H groups in total. The van der Waals surface area contributed by atoms with Crippen molar-refractivity contribution in [2.75, 3.05) is 5.32 Å². The average molecular weight is 344 g/mol. The van der Waals surface area contributed by atoms with Crippen LogP contribution in [-0.2, 0) is 17.9 Å². The van der Waals surface area contributed by atoms with E-state index < -0.39 is 0 Å². The quantitative estimate of drug-likeness (QED) is 0.746. The van der Waals surface area contributed by atoms with Crippen molar-refractivity contribution in [3.05, 3.63) is 41.8 Å². The number of rotatable bonds is 6. The van der Waals surface area contributed by atoms with Crippen LogP contribution in [0.15, 0.2) is 36.8 Å². The van der Waals surface area contributed by atoms with Gasteiger partial charge in [-0.1, -0.05) is 17.7 Å². The molecule has 1 fully saturated rings. The Hall–Kier alpha value is -2.34. The normalized spacial score (nSPS) is 14.2. The summed E-state index contributed by atoms with van der Waals surface area (Å²) in [6.45, 7) is 1.45. The molecule has 0 spiro atoms. The predicted octanol–water partition coefficient (Wildman–Crippen LogP) is 3.33. The summed E-state index contributed by atoms with van der Waals surface area (Å²) in [6, 6.07) is 5.67. The number of fused-ring (bicyclic) bond motifs is 1. The van der Waals surface area contributed by atoms with E-state index in [0.717, 1.165) is 29.1 Å². The number of carbonyl (C=O) groups is 1. The highest BCUT2D eigenvalue weighted by Gasteiger charge is 2.22. The van der Waals surface area contributed by atoms with Crippen LogP contribution >= 0.6 is 11.6 Å². The van der Waals surface area contributed by atoms with Crippen molar-refractivity contribution in [1.82, 2.24) is 19.6 Å². The maximum absolute atomic E-state index is 12.1. The fourth-order valence-electron chi connectivity index (χ4n) is 2.77. The number of hydrogen-bond donors (Lipinski definition) is 1.